The van der Waals surface area contributed by atoms with Crippen molar-refractivity contribution in [2.45, 2.75) is 110 Å². The lowest BCUT2D eigenvalue weighted by Gasteiger charge is -2.29. The SMILES string of the molecule is CCCCCCCCCCCCCC(=O)SCCNC(=O)CCNC(=O)[C@H](O)C(C)(C)COP(=O)(O)O. The lowest BCUT2D eigenvalue weighted by Crippen LogP contribution is -2.46. The molecule has 0 heterocycles. The Labute approximate surface area is 226 Å². The van der Waals surface area contributed by atoms with Crippen molar-refractivity contribution in [1.29, 1.82) is 0 Å². The summed E-state index contributed by atoms with van der Waals surface area (Å²) < 4.78 is 15.2. The fraction of sp³-hybridized carbons (Fsp3) is 0.880. The molecule has 0 saturated heterocycles. The summed E-state index contributed by atoms with van der Waals surface area (Å²) in [5.74, 6) is -0.575. The summed E-state index contributed by atoms with van der Waals surface area (Å²) in [4.78, 5) is 53.5. The maximum absolute atomic E-state index is 12.1. The third kappa shape index (κ3) is 21.6. The van der Waals surface area contributed by atoms with Gasteiger partial charge >= 0.3 is 7.82 Å². The molecule has 0 aromatic carbocycles. The molecule has 0 aliphatic rings. The summed E-state index contributed by atoms with van der Waals surface area (Å²) in [6.07, 6.45) is 12.6. The molecule has 10 nitrogen and oxygen atoms in total. The molecule has 5 N–H and O–H groups in total. The third-order valence-electron chi connectivity index (χ3n) is 5.92. The Bertz CT molecular complexity index is 702. The van der Waals surface area contributed by atoms with E-state index >= 15 is 0 Å². The van der Waals surface area contributed by atoms with E-state index in [1.807, 2.05) is 0 Å². The number of aliphatic hydroxyl groups is 1. The summed E-state index contributed by atoms with van der Waals surface area (Å²) in [6, 6.07) is 0. The van der Waals surface area contributed by atoms with E-state index in [2.05, 4.69) is 22.1 Å². The number of carbonyl (C=O) groups is 3. The number of carbonyl (C=O) groups excluding carboxylic acids is 3. The first-order chi connectivity index (χ1) is 17.4. The average molecular weight is 569 g/mol. The van der Waals surface area contributed by atoms with Gasteiger partial charge in [-0.25, -0.2) is 4.57 Å². The number of phosphoric acid groups is 1. The van der Waals surface area contributed by atoms with E-state index in [0.29, 0.717) is 18.7 Å². The minimum atomic E-state index is -4.72. The van der Waals surface area contributed by atoms with Crippen molar-refractivity contribution >= 4 is 36.5 Å². The van der Waals surface area contributed by atoms with Gasteiger partial charge in [0.2, 0.25) is 11.8 Å². The number of amides is 2. The number of thioether (sulfide) groups is 1. The minimum absolute atomic E-state index is 0.00474. The fourth-order valence-electron chi connectivity index (χ4n) is 3.53. The molecule has 0 rings (SSSR count). The van der Waals surface area contributed by atoms with Crippen LogP contribution in [0.4, 0.5) is 0 Å². The maximum Gasteiger partial charge on any atom is 0.469 e. The second kappa shape index (κ2) is 20.9. The van der Waals surface area contributed by atoms with Gasteiger partial charge in [0, 0.05) is 37.1 Å². The van der Waals surface area contributed by atoms with Crippen molar-refractivity contribution in [3.8, 4) is 0 Å². The molecule has 2 amide bonds. The molecule has 0 bridgehead atoms. The van der Waals surface area contributed by atoms with E-state index in [9.17, 15) is 24.1 Å². The minimum Gasteiger partial charge on any atom is -0.383 e. The van der Waals surface area contributed by atoms with Gasteiger partial charge in [0.15, 0.2) is 5.12 Å². The fourth-order valence-corrected chi connectivity index (χ4v) is 4.75. The van der Waals surface area contributed by atoms with Gasteiger partial charge < -0.3 is 25.5 Å². The molecule has 0 aromatic heterocycles. The number of hydrogen-bond donors (Lipinski definition) is 5. The smallest absolute Gasteiger partial charge is 0.383 e. The Morgan fingerprint density at radius 3 is 1.95 bits per heavy atom. The zero-order valence-electron chi connectivity index (χ0n) is 22.8. The van der Waals surface area contributed by atoms with Crippen molar-refractivity contribution in [2.24, 2.45) is 5.41 Å². The van der Waals surface area contributed by atoms with Crippen LogP contribution < -0.4 is 10.6 Å². The average Bonchev–Trinajstić information content (AvgIpc) is 2.83. The zero-order chi connectivity index (χ0) is 28.2. The van der Waals surface area contributed by atoms with Crippen LogP contribution in [-0.4, -0.2) is 63.4 Å². The molecule has 37 heavy (non-hydrogen) atoms. The van der Waals surface area contributed by atoms with Crippen LogP contribution in [0.15, 0.2) is 0 Å². The van der Waals surface area contributed by atoms with Crippen molar-refractivity contribution in [1.82, 2.24) is 10.6 Å². The molecule has 218 valence electrons. The van der Waals surface area contributed by atoms with Crippen LogP contribution in [0.25, 0.3) is 0 Å². The van der Waals surface area contributed by atoms with Crippen molar-refractivity contribution < 1.29 is 38.4 Å². The molecule has 0 radical (unpaired) electrons. The highest BCUT2D eigenvalue weighted by Crippen LogP contribution is 2.38. The number of phosphoric ester groups is 1. The van der Waals surface area contributed by atoms with E-state index < -0.39 is 31.9 Å². The standard InChI is InChI=1S/C25H49N2O8PS/c1-4-5-6-7-8-9-10-11-12-13-14-15-22(29)37-19-18-26-21(28)16-17-27-24(31)23(30)25(2,3)20-35-36(32,33)34/h23,30H,4-20H2,1-3H3,(H,26,28)(H,27,31)(H2,32,33,34)/t23-/m0/s1. The first-order valence-corrected chi connectivity index (χ1v) is 16.0. The number of hydrogen-bond acceptors (Lipinski definition) is 7. The molecule has 1 atom stereocenters. The summed E-state index contributed by atoms with van der Waals surface area (Å²) in [6.45, 7) is 4.89. The Morgan fingerprint density at radius 1 is 0.865 bits per heavy atom. The number of aliphatic hydroxyl groups excluding tert-OH is 1. The van der Waals surface area contributed by atoms with Crippen molar-refractivity contribution in [3.05, 3.63) is 0 Å². The molecular formula is C25H49N2O8PS. The summed E-state index contributed by atoms with van der Waals surface area (Å²) in [5.41, 5.74) is -1.25. The highest BCUT2D eigenvalue weighted by molar-refractivity contribution is 8.13. The zero-order valence-corrected chi connectivity index (χ0v) is 24.5. The Kier molecular flexibility index (Phi) is 20.4. The predicted octanol–water partition coefficient (Wildman–Crippen LogP) is 4.07. The monoisotopic (exact) mass is 568 g/mol. The van der Waals surface area contributed by atoms with Gasteiger partial charge in [0.25, 0.3) is 0 Å². The van der Waals surface area contributed by atoms with E-state index in [4.69, 9.17) is 9.79 Å². The van der Waals surface area contributed by atoms with E-state index in [-0.39, 0.29) is 24.0 Å². The van der Waals surface area contributed by atoms with Crippen LogP contribution in [-0.2, 0) is 23.5 Å². The van der Waals surface area contributed by atoms with Gasteiger partial charge in [-0.2, -0.15) is 0 Å². The second-order valence-corrected chi connectivity index (χ2v) is 12.4. The first-order valence-electron chi connectivity index (χ1n) is 13.5. The van der Waals surface area contributed by atoms with E-state index in [1.54, 1.807) is 0 Å². The summed E-state index contributed by atoms with van der Waals surface area (Å²) in [5, 5.41) is 15.4. The van der Waals surface area contributed by atoms with Crippen LogP contribution in [0, 0.1) is 5.41 Å². The van der Waals surface area contributed by atoms with Gasteiger partial charge in [-0.15, -0.1) is 0 Å². The van der Waals surface area contributed by atoms with Crippen molar-refractivity contribution in [2.75, 3.05) is 25.4 Å². The van der Waals surface area contributed by atoms with Crippen LogP contribution >= 0.6 is 19.6 Å². The molecule has 0 spiro atoms. The molecular weight excluding hydrogens is 519 g/mol. The Morgan fingerprint density at radius 2 is 1.41 bits per heavy atom. The van der Waals surface area contributed by atoms with Gasteiger partial charge in [0.05, 0.1) is 6.61 Å². The quantitative estimate of drug-likeness (QED) is 0.0903. The van der Waals surface area contributed by atoms with Crippen LogP contribution in [0.2, 0.25) is 0 Å². The Hall–Kier alpha value is -0.970. The molecule has 0 aromatic rings. The normalized spacial score (nSPS) is 12.8. The first kappa shape index (κ1) is 36.0. The largest absolute Gasteiger partial charge is 0.469 e. The predicted molar refractivity (Wildman–Crippen MR) is 147 cm³/mol. The second-order valence-electron chi connectivity index (χ2n) is 10.1. The lowest BCUT2D eigenvalue weighted by molar-refractivity contribution is -0.137. The van der Waals surface area contributed by atoms with E-state index in [0.717, 1.165) is 12.8 Å². The maximum atomic E-state index is 12.1. The van der Waals surface area contributed by atoms with E-state index in [1.165, 1.54) is 83.4 Å². The Balaban J connectivity index is 3.75. The van der Waals surface area contributed by atoms with Crippen LogP contribution in [0.3, 0.4) is 0 Å². The van der Waals surface area contributed by atoms with Gasteiger partial charge in [-0.1, -0.05) is 96.7 Å². The molecule has 0 aliphatic heterocycles. The summed E-state index contributed by atoms with van der Waals surface area (Å²) in [7, 11) is -4.72. The number of nitrogens with one attached hydrogen (secondary N) is 2. The van der Waals surface area contributed by atoms with Crippen LogP contribution in [0.1, 0.15) is 104 Å². The molecule has 12 heteroatoms. The van der Waals surface area contributed by atoms with Crippen LogP contribution in [0.5, 0.6) is 0 Å². The summed E-state index contributed by atoms with van der Waals surface area (Å²) >= 11 is 1.22. The molecule has 0 saturated carbocycles. The highest BCUT2D eigenvalue weighted by atomic mass is 32.2. The molecule has 0 unspecified atom stereocenters. The lowest BCUT2D eigenvalue weighted by atomic mass is 9.87. The van der Waals surface area contributed by atoms with Gasteiger partial charge in [-0.3, -0.25) is 18.9 Å². The molecule has 0 fully saturated rings. The van der Waals surface area contributed by atoms with Gasteiger partial charge in [-0.05, 0) is 6.42 Å². The highest BCUT2D eigenvalue weighted by Gasteiger charge is 2.35. The topological polar surface area (TPSA) is 162 Å². The number of rotatable bonds is 23. The third-order valence-corrected chi connectivity index (χ3v) is 7.32. The molecule has 0 aliphatic carbocycles. The van der Waals surface area contributed by atoms with Gasteiger partial charge in [0.1, 0.15) is 6.10 Å². The van der Waals surface area contributed by atoms with Crippen molar-refractivity contribution in [3.63, 3.8) is 0 Å². The number of unbranched alkanes of at least 4 members (excludes halogenated alkanes) is 10.